The SMILES string of the molecule is CC(C)C(N)c1cncn1Cc1ccsc1. The van der Waals surface area contributed by atoms with E-state index in [0.29, 0.717) is 5.92 Å². The first kappa shape index (κ1) is 11.4. The number of hydrogen-bond acceptors (Lipinski definition) is 3. The Hall–Kier alpha value is -1.13. The summed E-state index contributed by atoms with van der Waals surface area (Å²) >= 11 is 1.72. The van der Waals surface area contributed by atoms with Crippen LogP contribution in [-0.4, -0.2) is 9.55 Å². The van der Waals surface area contributed by atoms with Gasteiger partial charge in [-0.2, -0.15) is 11.3 Å². The summed E-state index contributed by atoms with van der Waals surface area (Å²) in [7, 11) is 0. The fraction of sp³-hybridized carbons (Fsp3) is 0.417. The van der Waals surface area contributed by atoms with Crippen molar-refractivity contribution in [1.82, 2.24) is 9.55 Å². The molecule has 2 aromatic heterocycles. The Kier molecular flexibility index (Phi) is 3.41. The van der Waals surface area contributed by atoms with Gasteiger partial charge in [-0.1, -0.05) is 13.8 Å². The Balaban J connectivity index is 2.19. The molecule has 0 fully saturated rings. The van der Waals surface area contributed by atoms with Crippen LogP contribution in [0, 0.1) is 5.92 Å². The molecule has 0 spiro atoms. The van der Waals surface area contributed by atoms with Crippen molar-refractivity contribution < 1.29 is 0 Å². The summed E-state index contributed by atoms with van der Waals surface area (Å²) in [5.41, 5.74) is 8.57. The molecule has 0 aliphatic carbocycles. The van der Waals surface area contributed by atoms with Crippen molar-refractivity contribution in [3.05, 3.63) is 40.6 Å². The smallest absolute Gasteiger partial charge is 0.0951 e. The van der Waals surface area contributed by atoms with Gasteiger partial charge in [0.25, 0.3) is 0 Å². The molecule has 2 rings (SSSR count). The van der Waals surface area contributed by atoms with Crippen molar-refractivity contribution in [2.75, 3.05) is 0 Å². The summed E-state index contributed by atoms with van der Waals surface area (Å²) in [5, 5.41) is 4.25. The van der Waals surface area contributed by atoms with Gasteiger partial charge in [0.1, 0.15) is 0 Å². The molecule has 1 unspecified atom stereocenters. The van der Waals surface area contributed by atoms with Crippen LogP contribution in [0.4, 0.5) is 0 Å². The number of rotatable bonds is 4. The molecule has 0 saturated carbocycles. The van der Waals surface area contributed by atoms with Gasteiger partial charge in [-0.15, -0.1) is 0 Å². The van der Waals surface area contributed by atoms with E-state index < -0.39 is 0 Å². The van der Waals surface area contributed by atoms with Gasteiger partial charge in [-0.3, -0.25) is 0 Å². The molecule has 0 bridgehead atoms. The Labute approximate surface area is 99.9 Å². The van der Waals surface area contributed by atoms with E-state index in [0.717, 1.165) is 12.2 Å². The zero-order chi connectivity index (χ0) is 11.5. The summed E-state index contributed by atoms with van der Waals surface area (Å²) in [5.74, 6) is 0.429. The van der Waals surface area contributed by atoms with Crippen molar-refractivity contribution in [3.8, 4) is 0 Å². The number of hydrogen-bond donors (Lipinski definition) is 1. The van der Waals surface area contributed by atoms with Crippen molar-refractivity contribution in [2.45, 2.75) is 26.4 Å². The van der Waals surface area contributed by atoms with Crippen LogP contribution in [0.15, 0.2) is 29.4 Å². The van der Waals surface area contributed by atoms with Crippen molar-refractivity contribution >= 4 is 11.3 Å². The maximum Gasteiger partial charge on any atom is 0.0951 e. The first-order chi connectivity index (χ1) is 7.68. The summed E-state index contributed by atoms with van der Waals surface area (Å²) in [4.78, 5) is 4.19. The van der Waals surface area contributed by atoms with E-state index in [4.69, 9.17) is 5.73 Å². The van der Waals surface area contributed by atoms with E-state index in [1.54, 1.807) is 11.3 Å². The van der Waals surface area contributed by atoms with Crippen LogP contribution in [0.3, 0.4) is 0 Å². The highest BCUT2D eigenvalue weighted by Gasteiger charge is 2.15. The number of imidazole rings is 1. The summed E-state index contributed by atoms with van der Waals surface area (Å²) in [6.07, 6.45) is 3.73. The maximum atomic E-state index is 6.15. The van der Waals surface area contributed by atoms with Crippen molar-refractivity contribution in [1.29, 1.82) is 0 Å². The van der Waals surface area contributed by atoms with E-state index >= 15 is 0 Å². The molecule has 2 N–H and O–H groups in total. The van der Waals surface area contributed by atoms with E-state index in [-0.39, 0.29) is 6.04 Å². The molecule has 16 heavy (non-hydrogen) atoms. The highest BCUT2D eigenvalue weighted by molar-refractivity contribution is 7.07. The molecule has 4 heteroatoms. The van der Waals surface area contributed by atoms with Gasteiger partial charge in [0, 0.05) is 18.8 Å². The molecule has 86 valence electrons. The minimum absolute atomic E-state index is 0.0566. The molecule has 2 aromatic rings. The monoisotopic (exact) mass is 235 g/mol. The Morgan fingerprint density at radius 2 is 2.31 bits per heavy atom. The minimum atomic E-state index is 0.0566. The average molecular weight is 235 g/mol. The van der Waals surface area contributed by atoms with Gasteiger partial charge in [0.2, 0.25) is 0 Å². The fourth-order valence-electron chi connectivity index (χ4n) is 1.66. The molecular formula is C12H17N3S. The first-order valence-corrected chi connectivity index (χ1v) is 6.39. The highest BCUT2D eigenvalue weighted by Crippen LogP contribution is 2.19. The molecule has 1 atom stereocenters. The quantitative estimate of drug-likeness (QED) is 0.885. The topological polar surface area (TPSA) is 43.8 Å². The van der Waals surface area contributed by atoms with Crippen LogP contribution in [0.25, 0.3) is 0 Å². The maximum absolute atomic E-state index is 6.15. The van der Waals surface area contributed by atoms with Crippen LogP contribution < -0.4 is 5.73 Å². The lowest BCUT2D eigenvalue weighted by Gasteiger charge is -2.17. The van der Waals surface area contributed by atoms with Crippen LogP contribution in [0.5, 0.6) is 0 Å². The third kappa shape index (κ3) is 2.33. The van der Waals surface area contributed by atoms with Crippen LogP contribution in [-0.2, 0) is 6.54 Å². The van der Waals surface area contributed by atoms with E-state index in [1.165, 1.54) is 5.56 Å². The molecule has 0 radical (unpaired) electrons. The predicted molar refractivity (Wildman–Crippen MR) is 67.4 cm³/mol. The first-order valence-electron chi connectivity index (χ1n) is 5.45. The zero-order valence-corrected chi connectivity index (χ0v) is 10.4. The molecule has 0 aliphatic rings. The van der Waals surface area contributed by atoms with Crippen molar-refractivity contribution in [2.24, 2.45) is 11.7 Å². The largest absolute Gasteiger partial charge is 0.329 e. The van der Waals surface area contributed by atoms with Gasteiger partial charge >= 0.3 is 0 Å². The number of nitrogens with two attached hydrogens (primary N) is 1. The Morgan fingerprint density at radius 3 is 2.94 bits per heavy atom. The third-order valence-corrected chi connectivity index (χ3v) is 3.47. The Bertz CT molecular complexity index is 431. The van der Waals surface area contributed by atoms with Crippen LogP contribution in [0.2, 0.25) is 0 Å². The van der Waals surface area contributed by atoms with E-state index in [2.05, 4.69) is 40.2 Å². The molecule has 0 saturated heterocycles. The van der Waals surface area contributed by atoms with Gasteiger partial charge in [-0.25, -0.2) is 4.98 Å². The van der Waals surface area contributed by atoms with Crippen LogP contribution >= 0.6 is 11.3 Å². The summed E-state index contributed by atoms with van der Waals surface area (Å²) < 4.78 is 2.13. The molecule has 2 heterocycles. The summed E-state index contributed by atoms with van der Waals surface area (Å²) in [6.45, 7) is 5.12. The standard InChI is InChI=1S/C12H17N3S/c1-9(2)12(13)11-5-14-8-15(11)6-10-3-4-16-7-10/h3-5,7-9,12H,6,13H2,1-2H3. The second kappa shape index (κ2) is 4.80. The lowest BCUT2D eigenvalue weighted by molar-refractivity contribution is 0.484. The third-order valence-electron chi connectivity index (χ3n) is 2.74. The van der Waals surface area contributed by atoms with E-state index in [1.807, 2.05) is 12.5 Å². The average Bonchev–Trinajstić information content (AvgIpc) is 2.88. The molecule has 0 amide bonds. The van der Waals surface area contributed by atoms with Gasteiger partial charge in [0.15, 0.2) is 0 Å². The molecule has 0 aromatic carbocycles. The predicted octanol–water partition coefficient (Wildman–Crippen LogP) is 2.65. The van der Waals surface area contributed by atoms with Gasteiger partial charge < -0.3 is 10.3 Å². The molecule has 3 nitrogen and oxygen atoms in total. The fourth-order valence-corrected chi connectivity index (χ4v) is 2.32. The number of aromatic nitrogens is 2. The van der Waals surface area contributed by atoms with Crippen LogP contribution in [0.1, 0.15) is 31.1 Å². The number of thiophene rings is 1. The molecular weight excluding hydrogens is 218 g/mol. The lowest BCUT2D eigenvalue weighted by Crippen LogP contribution is -2.20. The summed E-state index contributed by atoms with van der Waals surface area (Å²) in [6, 6.07) is 2.19. The zero-order valence-electron chi connectivity index (χ0n) is 9.63. The molecule has 0 aliphatic heterocycles. The van der Waals surface area contributed by atoms with Crippen molar-refractivity contribution in [3.63, 3.8) is 0 Å². The second-order valence-corrected chi connectivity index (χ2v) is 5.13. The Morgan fingerprint density at radius 1 is 1.50 bits per heavy atom. The number of nitrogens with zero attached hydrogens (tertiary/aromatic N) is 2. The second-order valence-electron chi connectivity index (χ2n) is 4.35. The highest BCUT2D eigenvalue weighted by atomic mass is 32.1. The minimum Gasteiger partial charge on any atom is -0.329 e. The van der Waals surface area contributed by atoms with E-state index in [9.17, 15) is 0 Å². The normalized spacial score (nSPS) is 13.2. The lowest BCUT2D eigenvalue weighted by atomic mass is 10.0. The van der Waals surface area contributed by atoms with Gasteiger partial charge in [-0.05, 0) is 28.3 Å². The van der Waals surface area contributed by atoms with Gasteiger partial charge in [0.05, 0.1) is 12.0 Å².